The van der Waals surface area contributed by atoms with Crippen LogP contribution in [0.4, 0.5) is 4.79 Å². The minimum Gasteiger partial charge on any atom is -0.465 e. The summed E-state index contributed by atoms with van der Waals surface area (Å²) in [4.78, 5) is 10.1. The monoisotopic (exact) mass is 233 g/mol. The predicted molar refractivity (Wildman–Crippen MR) is 66.8 cm³/mol. The third-order valence-electron chi connectivity index (χ3n) is 2.36. The second-order valence-electron chi connectivity index (χ2n) is 3.78. The standard InChI is InChI=1S/C11H23NO2S/c13-11(14)12-9-7-5-3-1-2-4-6-8-10-15/h12,15H,1-10H2,(H,13,14). The summed E-state index contributed by atoms with van der Waals surface area (Å²) in [5.41, 5.74) is 0. The fourth-order valence-electron chi connectivity index (χ4n) is 1.49. The van der Waals surface area contributed by atoms with Crippen molar-refractivity contribution in [2.45, 2.75) is 51.4 Å². The lowest BCUT2D eigenvalue weighted by Gasteiger charge is -2.02. The van der Waals surface area contributed by atoms with E-state index in [1.165, 1.54) is 38.5 Å². The Morgan fingerprint density at radius 2 is 1.40 bits per heavy atom. The van der Waals surface area contributed by atoms with Crippen LogP contribution in [0.1, 0.15) is 51.4 Å². The van der Waals surface area contributed by atoms with Gasteiger partial charge in [0.1, 0.15) is 0 Å². The number of unbranched alkanes of at least 4 members (excludes halogenated alkanes) is 7. The lowest BCUT2D eigenvalue weighted by Crippen LogP contribution is -2.21. The Morgan fingerprint density at radius 3 is 1.87 bits per heavy atom. The van der Waals surface area contributed by atoms with Crippen molar-refractivity contribution in [2.75, 3.05) is 12.3 Å². The van der Waals surface area contributed by atoms with Crippen molar-refractivity contribution in [2.24, 2.45) is 0 Å². The Bertz CT molecular complexity index is 154. The first-order valence-electron chi connectivity index (χ1n) is 5.85. The fraction of sp³-hybridized carbons (Fsp3) is 0.909. The molecule has 0 fully saturated rings. The van der Waals surface area contributed by atoms with Crippen LogP contribution in [-0.4, -0.2) is 23.5 Å². The molecule has 3 nitrogen and oxygen atoms in total. The maximum atomic E-state index is 10.1. The SMILES string of the molecule is O=C(O)NCCCCCCCCCCS. The molecule has 0 saturated carbocycles. The van der Waals surface area contributed by atoms with Gasteiger partial charge in [0.05, 0.1) is 0 Å². The van der Waals surface area contributed by atoms with Crippen LogP contribution in [0.25, 0.3) is 0 Å². The van der Waals surface area contributed by atoms with E-state index in [1.807, 2.05) is 0 Å². The number of carboxylic acid groups (broad SMARTS) is 1. The highest BCUT2D eigenvalue weighted by molar-refractivity contribution is 7.80. The third-order valence-corrected chi connectivity index (χ3v) is 2.68. The van der Waals surface area contributed by atoms with Gasteiger partial charge in [0, 0.05) is 6.54 Å². The summed E-state index contributed by atoms with van der Waals surface area (Å²) in [6, 6.07) is 0. The van der Waals surface area contributed by atoms with E-state index >= 15 is 0 Å². The molecule has 0 unspecified atom stereocenters. The quantitative estimate of drug-likeness (QED) is 0.400. The summed E-state index contributed by atoms with van der Waals surface area (Å²) in [7, 11) is 0. The van der Waals surface area contributed by atoms with E-state index < -0.39 is 6.09 Å². The summed E-state index contributed by atoms with van der Waals surface area (Å²) >= 11 is 4.16. The lowest BCUT2D eigenvalue weighted by atomic mass is 10.1. The number of amides is 1. The molecule has 0 aliphatic heterocycles. The third kappa shape index (κ3) is 13.6. The Hall–Kier alpha value is -0.380. The molecule has 0 aromatic heterocycles. The van der Waals surface area contributed by atoms with Crippen molar-refractivity contribution < 1.29 is 9.90 Å². The van der Waals surface area contributed by atoms with Gasteiger partial charge in [-0.05, 0) is 18.6 Å². The van der Waals surface area contributed by atoms with E-state index in [0.717, 1.165) is 18.6 Å². The summed E-state index contributed by atoms with van der Waals surface area (Å²) < 4.78 is 0. The molecule has 0 spiro atoms. The molecule has 0 aliphatic rings. The maximum Gasteiger partial charge on any atom is 0.404 e. The zero-order valence-corrected chi connectivity index (χ0v) is 10.3. The molecule has 0 saturated heterocycles. The number of thiol groups is 1. The van der Waals surface area contributed by atoms with E-state index in [2.05, 4.69) is 17.9 Å². The summed E-state index contributed by atoms with van der Waals surface area (Å²) in [6.45, 7) is 0.592. The zero-order chi connectivity index (χ0) is 11.4. The number of carbonyl (C=O) groups is 1. The molecule has 0 rings (SSSR count). The average molecular weight is 233 g/mol. The molecular formula is C11H23NO2S. The van der Waals surface area contributed by atoms with Gasteiger partial charge in [0.25, 0.3) is 0 Å². The first-order chi connectivity index (χ1) is 7.27. The highest BCUT2D eigenvalue weighted by Crippen LogP contribution is 2.08. The van der Waals surface area contributed by atoms with Gasteiger partial charge in [0.2, 0.25) is 0 Å². The molecule has 0 radical (unpaired) electrons. The van der Waals surface area contributed by atoms with E-state index in [4.69, 9.17) is 5.11 Å². The van der Waals surface area contributed by atoms with Crippen molar-refractivity contribution >= 4 is 18.7 Å². The van der Waals surface area contributed by atoms with Crippen molar-refractivity contribution in [1.29, 1.82) is 0 Å². The molecule has 0 aliphatic carbocycles. The largest absolute Gasteiger partial charge is 0.465 e. The molecular weight excluding hydrogens is 210 g/mol. The van der Waals surface area contributed by atoms with Crippen LogP contribution in [0.2, 0.25) is 0 Å². The Morgan fingerprint density at radius 1 is 0.933 bits per heavy atom. The van der Waals surface area contributed by atoms with Gasteiger partial charge in [-0.15, -0.1) is 0 Å². The van der Waals surface area contributed by atoms with Crippen LogP contribution < -0.4 is 5.32 Å². The molecule has 1 amide bonds. The fourth-order valence-corrected chi connectivity index (χ4v) is 1.72. The summed E-state index contributed by atoms with van der Waals surface area (Å²) in [5, 5.41) is 10.7. The van der Waals surface area contributed by atoms with E-state index in [1.54, 1.807) is 0 Å². The zero-order valence-electron chi connectivity index (χ0n) is 9.37. The molecule has 0 aromatic rings. The molecule has 0 atom stereocenters. The molecule has 0 bridgehead atoms. The van der Waals surface area contributed by atoms with Gasteiger partial charge in [-0.3, -0.25) is 0 Å². The van der Waals surface area contributed by atoms with E-state index in [9.17, 15) is 4.79 Å². The molecule has 0 heterocycles. The first-order valence-corrected chi connectivity index (χ1v) is 6.48. The lowest BCUT2D eigenvalue weighted by molar-refractivity contribution is 0.194. The molecule has 4 heteroatoms. The molecule has 0 aromatic carbocycles. The number of hydrogen-bond acceptors (Lipinski definition) is 2. The van der Waals surface area contributed by atoms with Crippen molar-refractivity contribution in [1.82, 2.24) is 5.32 Å². The number of nitrogens with one attached hydrogen (secondary N) is 1. The van der Waals surface area contributed by atoms with Crippen LogP contribution in [0.15, 0.2) is 0 Å². The second-order valence-corrected chi connectivity index (χ2v) is 4.23. The van der Waals surface area contributed by atoms with Crippen molar-refractivity contribution in [3.8, 4) is 0 Å². The van der Waals surface area contributed by atoms with Crippen LogP contribution >= 0.6 is 12.6 Å². The highest BCUT2D eigenvalue weighted by Gasteiger charge is 1.94. The minimum absolute atomic E-state index is 0.592. The van der Waals surface area contributed by atoms with E-state index in [-0.39, 0.29) is 0 Å². The predicted octanol–water partition coefficient (Wildman–Crippen LogP) is 3.30. The Labute approximate surface area is 98.0 Å². The van der Waals surface area contributed by atoms with Crippen LogP contribution in [0, 0.1) is 0 Å². The molecule has 2 N–H and O–H groups in total. The second kappa shape index (κ2) is 11.7. The van der Waals surface area contributed by atoms with Gasteiger partial charge < -0.3 is 10.4 Å². The van der Waals surface area contributed by atoms with Gasteiger partial charge in [-0.1, -0.05) is 38.5 Å². The summed E-state index contributed by atoms with van der Waals surface area (Å²) in [5.74, 6) is 1.00. The minimum atomic E-state index is -0.915. The molecule has 15 heavy (non-hydrogen) atoms. The number of rotatable bonds is 10. The smallest absolute Gasteiger partial charge is 0.404 e. The van der Waals surface area contributed by atoms with Gasteiger partial charge in [-0.25, -0.2) is 4.79 Å². The maximum absolute atomic E-state index is 10.1. The van der Waals surface area contributed by atoms with Crippen molar-refractivity contribution in [3.63, 3.8) is 0 Å². The topological polar surface area (TPSA) is 49.3 Å². The van der Waals surface area contributed by atoms with Crippen LogP contribution in [0.5, 0.6) is 0 Å². The normalized spacial score (nSPS) is 10.2. The van der Waals surface area contributed by atoms with Crippen molar-refractivity contribution in [3.05, 3.63) is 0 Å². The van der Waals surface area contributed by atoms with Gasteiger partial charge >= 0.3 is 6.09 Å². The van der Waals surface area contributed by atoms with Crippen LogP contribution in [0.3, 0.4) is 0 Å². The highest BCUT2D eigenvalue weighted by atomic mass is 32.1. The number of hydrogen-bond donors (Lipinski definition) is 3. The summed E-state index contributed by atoms with van der Waals surface area (Å²) in [6.07, 6.45) is 8.82. The average Bonchev–Trinajstić information content (AvgIpc) is 2.20. The Kier molecular flexibility index (Phi) is 11.4. The van der Waals surface area contributed by atoms with Gasteiger partial charge in [-0.2, -0.15) is 12.6 Å². The molecule has 90 valence electrons. The van der Waals surface area contributed by atoms with E-state index in [0.29, 0.717) is 6.54 Å². The Balaban J connectivity index is 2.89. The van der Waals surface area contributed by atoms with Crippen LogP contribution in [-0.2, 0) is 0 Å². The first kappa shape index (κ1) is 14.6. The van der Waals surface area contributed by atoms with Gasteiger partial charge in [0.15, 0.2) is 0 Å².